The van der Waals surface area contributed by atoms with Crippen molar-refractivity contribution in [2.24, 2.45) is 0 Å². The Morgan fingerprint density at radius 2 is 1.96 bits per heavy atom. The van der Waals surface area contributed by atoms with Crippen molar-refractivity contribution in [1.82, 2.24) is 4.98 Å². The molecule has 0 spiro atoms. The molecule has 1 amide bonds. The van der Waals surface area contributed by atoms with Gasteiger partial charge in [-0.15, -0.1) is 0 Å². The molecule has 0 aliphatic rings. The van der Waals surface area contributed by atoms with E-state index in [0.29, 0.717) is 10.2 Å². The van der Waals surface area contributed by atoms with Gasteiger partial charge in [-0.2, -0.15) is 0 Å². The van der Waals surface area contributed by atoms with Crippen molar-refractivity contribution in [3.8, 4) is 0 Å². The third-order valence-corrected chi connectivity index (χ3v) is 6.54. The van der Waals surface area contributed by atoms with Crippen molar-refractivity contribution in [2.75, 3.05) is 11.1 Å². The van der Waals surface area contributed by atoms with Gasteiger partial charge < -0.3 is 5.32 Å². The largest absolute Gasteiger partial charge is 0.302 e. The molecular formula is C17H14ClFN2O3S2. The van der Waals surface area contributed by atoms with Crippen LogP contribution in [0.25, 0.3) is 10.2 Å². The molecule has 0 radical (unpaired) electrons. The SMILES string of the molecule is Cc1cc(Cl)cc2sc(NC(=O)CCS(=O)(=O)c3ccc(F)cc3)nc12. The third kappa shape index (κ3) is 4.20. The Kier molecular flexibility index (Phi) is 5.27. The number of hydrogen-bond acceptors (Lipinski definition) is 5. The molecule has 26 heavy (non-hydrogen) atoms. The molecule has 5 nitrogen and oxygen atoms in total. The summed E-state index contributed by atoms with van der Waals surface area (Å²) in [5.41, 5.74) is 1.64. The van der Waals surface area contributed by atoms with Crippen molar-refractivity contribution in [3.05, 3.63) is 52.8 Å². The van der Waals surface area contributed by atoms with Crippen molar-refractivity contribution in [2.45, 2.75) is 18.2 Å². The minimum Gasteiger partial charge on any atom is -0.302 e. The monoisotopic (exact) mass is 412 g/mol. The number of rotatable bonds is 5. The number of carbonyl (C=O) groups excluding carboxylic acids is 1. The molecule has 3 rings (SSSR count). The lowest BCUT2D eigenvalue weighted by Gasteiger charge is -2.04. The van der Waals surface area contributed by atoms with E-state index >= 15 is 0 Å². The Labute approximate surface area is 158 Å². The smallest absolute Gasteiger partial charge is 0.227 e. The highest BCUT2D eigenvalue weighted by Crippen LogP contribution is 2.31. The van der Waals surface area contributed by atoms with Crippen molar-refractivity contribution >= 4 is 54.0 Å². The summed E-state index contributed by atoms with van der Waals surface area (Å²) >= 11 is 7.27. The fraction of sp³-hybridized carbons (Fsp3) is 0.176. The van der Waals surface area contributed by atoms with Crippen LogP contribution >= 0.6 is 22.9 Å². The molecule has 0 bridgehead atoms. The molecule has 0 atom stereocenters. The zero-order chi connectivity index (χ0) is 18.9. The second kappa shape index (κ2) is 7.30. The van der Waals surface area contributed by atoms with Gasteiger partial charge in [0.15, 0.2) is 15.0 Å². The van der Waals surface area contributed by atoms with E-state index in [1.807, 2.05) is 6.92 Å². The molecule has 9 heteroatoms. The predicted molar refractivity (Wildman–Crippen MR) is 101 cm³/mol. The number of hydrogen-bond donors (Lipinski definition) is 1. The molecule has 0 unspecified atom stereocenters. The number of fused-ring (bicyclic) bond motifs is 1. The fourth-order valence-corrected chi connectivity index (χ4v) is 4.95. The lowest BCUT2D eigenvalue weighted by molar-refractivity contribution is -0.115. The summed E-state index contributed by atoms with van der Waals surface area (Å²) in [5, 5.41) is 3.58. The van der Waals surface area contributed by atoms with Gasteiger partial charge in [-0.1, -0.05) is 22.9 Å². The molecule has 0 saturated carbocycles. The second-order valence-electron chi connectivity index (χ2n) is 5.66. The number of nitrogens with one attached hydrogen (secondary N) is 1. The predicted octanol–water partition coefficient (Wildman–Crippen LogP) is 4.20. The molecule has 0 aliphatic carbocycles. The average Bonchev–Trinajstić information content (AvgIpc) is 2.96. The Bertz CT molecular complexity index is 1080. The highest BCUT2D eigenvalue weighted by atomic mass is 35.5. The standard InChI is InChI=1S/C17H14ClFN2O3S2/c1-10-8-11(18)9-14-16(10)21-17(25-14)20-15(22)6-7-26(23,24)13-4-2-12(19)3-5-13/h2-5,8-9H,6-7H2,1H3,(H,20,21,22). The zero-order valence-electron chi connectivity index (χ0n) is 13.6. The Morgan fingerprint density at radius 3 is 2.65 bits per heavy atom. The molecule has 0 fully saturated rings. The number of sulfone groups is 1. The van der Waals surface area contributed by atoms with Crippen LogP contribution in [0, 0.1) is 12.7 Å². The second-order valence-corrected chi connectivity index (χ2v) is 9.24. The van der Waals surface area contributed by atoms with Crippen LogP contribution in [0.2, 0.25) is 5.02 Å². The lowest BCUT2D eigenvalue weighted by Crippen LogP contribution is -2.17. The molecule has 136 valence electrons. The van der Waals surface area contributed by atoms with Crippen LogP contribution in [-0.2, 0) is 14.6 Å². The van der Waals surface area contributed by atoms with Gasteiger partial charge in [-0.3, -0.25) is 4.79 Å². The van der Waals surface area contributed by atoms with Gasteiger partial charge in [0.2, 0.25) is 5.91 Å². The summed E-state index contributed by atoms with van der Waals surface area (Å²) in [5.74, 6) is -1.35. The van der Waals surface area contributed by atoms with Gasteiger partial charge >= 0.3 is 0 Å². The molecule has 2 aromatic carbocycles. The number of aromatic nitrogens is 1. The maximum atomic E-state index is 12.9. The molecule has 1 aromatic heterocycles. The first-order chi connectivity index (χ1) is 12.2. The fourth-order valence-electron chi connectivity index (χ4n) is 2.38. The maximum absolute atomic E-state index is 12.9. The number of carbonyl (C=O) groups is 1. The van der Waals surface area contributed by atoms with E-state index in [9.17, 15) is 17.6 Å². The maximum Gasteiger partial charge on any atom is 0.227 e. The molecule has 3 aromatic rings. The summed E-state index contributed by atoms with van der Waals surface area (Å²) in [6, 6.07) is 8.05. The van der Waals surface area contributed by atoms with E-state index in [0.717, 1.165) is 27.9 Å². The molecule has 0 saturated heterocycles. The first-order valence-corrected chi connectivity index (χ1v) is 10.4. The lowest BCUT2D eigenvalue weighted by atomic mass is 10.2. The molecule has 0 aliphatic heterocycles. The summed E-state index contributed by atoms with van der Waals surface area (Å²) < 4.78 is 38.1. The highest BCUT2D eigenvalue weighted by Gasteiger charge is 2.17. The topological polar surface area (TPSA) is 76.1 Å². The number of nitrogens with zero attached hydrogens (tertiary/aromatic N) is 1. The quantitative estimate of drug-likeness (QED) is 0.637. The normalized spacial score (nSPS) is 11.7. The summed E-state index contributed by atoms with van der Waals surface area (Å²) in [4.78, 5) is 16.4. The van der Waals surface area contributed by atoms with E-state index in [1.165, 1.54) is 23.5 Å². The van der Waals surface area contributed by atoms with Gasteiger partial charge in [0.05, 0.1) is 20.9 Å². The number of aryl methyl sites for hydroxylation is 1. The van der Waals surface area contributed by atoms with E-state index < -0.39 is 21.6 Å². The van der Waals surface area contributed by atoms with Crippen LogP contribution in [0.4, 0.5) is 9.52 Å². The van der Waals surface area contributed by atoms with E-state index in [-0.39, 0.29) is 17.1 Å². The molecule has 1 heterocycles. The average molecular weight is 413 g/mol. The van der Waals surface area contributed by atoms with Gasteiger partial charge in [0, 0.05) is 11.4 Å². The first-order valence-electron chi connectivity index (χ1n) is 7.59. The number of halogens is 2. The van der Waals surface area contributed by atoms with Crippen LogP contribution < -0.4 is 5.32 Å². The van der Waals surface area contributed by atoms with Crippen LogP contribution in [0.15, 0.2) is 41.3 Å². The molecular weight excluding hydrogens is 399 g/mol. The number of thiazole rings is 1. The number of anilines is 1. The minimum absolute atomic E-state index is 0.0167. The van der Waals surface area contributed by atoms with E-state index in [1.54, 1.807) is 12.1 Å². The Hall–Kier alpha value is -2.03. The molecule has 1 N–H and O–H groups in total. The summed E-state index contributed by atoms with van der Waals surface area (Å²) in [7, 11) is -3.66. The summed E-state index contributed by atoms with van der Waals surface area (Å²) in [6.07, 6.45) is -0.227. The van der Waals surface area contributed by atoms with Crippen LogP contribution in [-0.4, -0.2) is 25.1 Å². The van der Waals surface area contributed by atoms with Crippen LogP contribution in [0.5, 0.6) is 0 Å². The number of benzene rings is 2. The van der Waals surface area contributed by atoms with Crippen molar-refractivity contribution in [1.29, 1.82) is 0 Å². The van der Waals surface area contributed by atoms with Gasteiger partial charge in [0.25, 0.3) is 0 Å². The van der Waals surface area contributed by atoms with Gasteiger partial charge in [-0.25, -0.2) is 17.8 Å². The van der Waals surface area contributed by atoms with Crippen molar-refractivity contribution < 1.29 is 17.6 Å². The zero-order valence-corrected chi connectivity index (χ0v) is 16.0. The Morgan fingerprint density at radius 1 is 1.27 bits per heavy atom. The van der Waals surface area contributed by atoms with E-state index in [4.69, 9.17) is 11.6 Å². The minimum atomic E-state index is -3.66. The van der Waals surface area contributed by atoms with Crippen LogP contribution in [0.3, 0.4) is 0 Å². The van der Waals surface area contributed by atoms with Gasteiger partial charge in [0.1, 0.15) is 5.82 Å². The number of amides is 1. The highest BCUT2D eigenvalue weighted by molar-refractivity contribution is 7.91. The third-order valence-electron chi connectivity index (χ3n) is 3.67. The Balaban J connectivity index is 1.67. The van der Waals surface area contributed by atoms with E-state index in [2.05, 4.69) is 10.3 Å². The first kappa shape index (κ1) is 18.8. The summed E-state index contributed by atoms with van der Waals surface area (Å²) in [6.45, 7) is 1.87. The van der Waals surface area contributed by atoms with Crippen molar-refractivity contribution in [3.63, 3.8) is 0 Å². The van der Waals surface area contributed by atoms with Crippen LogP contribution in [0.1, 0.15) is 12.0 Å². The van der Waals surface area contributed by atoms with Gasteiger partial charge in [-0.05, 0) is 48.9 Å².